The van der Waals surface area contributed by atoms with Crippen molar-refractivity contribution in [1.82, 2.24) is 15.5 Å². The molecule has 1 aromatic heterocycles. The number of likely N-dealkylation sites (N-methyl/N-ethyl adjacent to an activating group) is 1. The van der Waals surface area contributed by atoms with Gasteiger partial charge >= 0.3 is 0 Å². The van der Waals surface area contributed by atoms with Crippen LogP contribution in [0.4, 0.5) is 0 Å². The van der Waals surface area contributed by atoms with E-state index in [2.05, 4.69) is 15.5 Å². The molecule has 1 heterocycles. The maximum Gasteiger partial charge on any atom is 0.267 e. The van der Waals surface area contributed by atoms with Gasteiger partial charge < -0.3 is 14.6 Å². The first-order chi connectivity index (χ1) is 9.99. The fourth-order valence-corrected chi connectivity index (χ4v) is 2.16. The van der Waals surface area contributed by atoms with E-state index < -0.39 is 6.10 Å². The third kappa shape index (κ3) is 5.02. The maximum absolute atomic E-state index is 6.07. The van der Waals surface area contributed by atoms with E-state index in [0.29, 0.717) is 33.9 Å². The van der Waals surface area contributed by atoms with E-state index in [1.54, 1.807) is 18.2 Å². The molecule has 0 aliphatic rings. The second-order valence-corrected chi connectivity index (χ2v) is 5.62. The summed E-state index contributed by atoms with van der Waals surface area (Å²) in [5, 5.41) is 8.06. The summed E-state index contributed by atoms with van der Waals surface area (Å²) in [4.78, 5) is 4.33. The van der Waals surface area contributed by atoms with Crippen LogP contribution in [0, 0.1) is 0 Å². The van der Waals surface area contributed by atoms with Gasteiger partial charge in [-0.2, -0.15) is 4.98 Å². The Labute approximate surface area is 145 Å². The predicted molar refractivity (Wildman–Crippen MR) is 89.3 cm³/mol. The molecule has 0 spiro atoms. The topological polar surface area (TPSA) is 60.2 Å². The highest BCUT2D eigenvalue weighted by Gasteiger charge is 2.18. The molecule has 0 aliphatic heterocycles. The molecule has 0 saturated heterocycles. The van der Waals surface area contributed by atoms with Gasteiger partial charge in [-0.25, -0.2) is 0 Å². The molecule has 2 rings (SSSR count). The molecule has 2 aromatic rings. The molecule has 8 heteroatoms. The Morgan fingerprint density at radius 3 is 2.68 bits per heavy atom. The summed E-state index contributed by atoms with van der Waals surface area (Å²) in [6.07, 6.45) is 0.295. The van der Waals surface area contributed by atoms with Gasteiger partial charge in [-0.1, -0.05) is 28.4 Å². The minimum absolute atomic E-state index is 0. The molecule has 122 valence electrons. The van der Waals surface area contributed by atoms with Crippen LogP contribution in [0.1, 0.15) is 31.7 Å². The molecule has 0 fully saturated rings. The minimum atomic E-state index is -0.394. The molecular weight excluding hydrogens is 349 g/mol. The summed E-state index contributed by atoms with van der Waals surface area (Å²) < 4.78 is 11.0. The number of hydrogen-bond acceptors (Lipinski definition) is 5. The average molecular weight is 367 g/mol. The first-order valence-corrected chi connectivity index (χ1v) is 7.36. The quantitative estimate of drug-likeness (QED) is 0.834. The van der Waals surface area contributed by atoms with Crippen LogP contribution in [-0.4, -0.2) is 23.2 Å². The SMILES string of the molecule is CNC(C)Cc1noc(C(C)Oc2ccc(Cl)cc2Cl)n1.Cl. The Kier molecular flexibility index (Phi) is 7.42. The zero-order chi connectivity index (χ0) is 15.4. The van der Waals surface area contributed by atoms with Crippen LogP contribution in [0.15, 0.2) is 22.7 Å². The summed E-state index contributed by atoms with van der Waals surface area (Å²) in [5.74, 6) is 1.58. The van der Waals surface area contributed by atoms with Gasteiger partial charge in [0.05, 0.1) is 5.02 Å². The number of aromatic nitrogens is 2. The number of hydrogen-bond donors (Lipinski definition) is 1. The van der Waals surface area contributed by atoms with Crippen LogP contribution >= 0.6 is 35.6 Å². The lowest BCUT2D eigenvalue weighted by Crippen LogP contribution is -2.24. The number of nitrogens with one attached hydrogen (secondary N) is 1. The number of rotatable bonds is 6. The van der Waals surface area contributed by atoms with Crippen molar-refractivity contribution >= 4 is 35.6 Å². The second-order valence-electron chi connectivity index (χ2n) is 4.78. The van der Waals surface area contributed by atoms with Crippen molar-refractivity contribution in [3.63, 3.8) is 0 Å². The summed E-state index contributed by atoms with van der Waals surface area (Å²) in [6.45, 7) is 3.87. The van der Waals surface area contributed by atoms with Gasteiger partial charge in [0, 0.05) is 17.5 Å². The van der Waals surface area contributed by atoms with E-state index in [-0.39, 0.29) is 18.4 Å². The summed E-state index contributed by atoms with van der Waals surface area (Å²) in [5.41, 5.74) is 0. The lowest BCUT2D eigenvalue weighted by atomic mass is 10.2. The summed E-state index contributed by atoms with van der Waals surface area (Å²) in [6, 6.07) is 5.32. The maximum atomic E-state index is 6.07. The van der Waals surface area contributed by atoms with Crippen LogP contribution in [0.2, 0.25) is 10.0 Å². The highest BCUT2D eigenvalue weighted by Crippen LogP contribution is 2.30. The standard InChI is InChI=1S/C14H17Cl2N3O2.ClH/c1-8(17-3)6-13-18-14(21-19-13)9(2)20-12-5-4-10(15)7-11(12)16;/h4-5,7-9,17H,6H2,1-3H3;1H. The molecule has 0 amide bonds. The first kappa shape index (κ1) is 19.0. The van der Waals surface area contributed by atoms with Crippen LogP contribution in [0.25, 0.3) is 0 Å². The number of ether oxygens (including phenoxy) is 1. The van der Waals surface area contributed by atoms with Crippen molar-refractivity contribution in [3.8, 4) is 5.75 Å². The third-order valence-corrected chi connectivity index (χ3v) is 3.54. The van der Waals surface area contributed by atoms with Gasteiger partial charge in [-0.05, 0) is 39.1 Å². The first-order valence-electron chi connectivity index (χ1n) is 6.61. The zero-order valence-corrected chi connectivity index (χ0v) is 14.8. The van der Waals surface area contributed by atoms with Crippen molar-refractivity contribution in [2.75, 3.05) is 7.05 Å². The van der Waals surface area contributed by atoms with Crippen molar-refractivity contribution < 1.29 is 9.26 Å². The van der Waals surface area contributed by atoms with Crippen molar-refractivity contribution in [2.24, 2.45) is 0 Å². The molecule has 0 radical (unpaired) electrons. The molecule has 5 nitrogen and oxygen atoms in total. The van der Waals surface area contributed by atoms with E-state index in [9.17, 15) is 0 Å². The Hall–Kier alpha value is -1.01. The van der Waals surface area contributed by atoms with E-state index in [4.69, 9.17) is 32.5 Å². The van der Waals surface area contributed by atoms with Crippen LogP contribution in [0.5, 0.6) is 5.75 Å². The van der Waals surface area contributed by atoms with E-state index in [0.717, 1.165) is 0 Å². The van der Waals surface area contributed by atoms with Gasteiger partial charge in [0.2, 0.25) is 0 Å². The van der Waals surface area contributed by atoms with Crippen LogP contribution in [-0.2, 0) is 6.42 Å². The van der Waals surface area contributed by atoms with Crippen LogP contribution in [0.3, 0.4) is 0 Å². The summed E-state index contributed by atoms with van der Waals surface area (Å²) >= 11 is 11.9. The highest BCUT2D eigenvalue weighted by atomic mass is 35.5. The highest BCUT2D eigenvalue weighted by molar-refractivity contribution is 6.35. The van der Waals surface area contributed by atoms with Crippen molar-refractivity contribution in [1.29, 1.82) is 0 Å². The molecular formula is C14H18Cl3N3O2. The Balaban J connectivity index is 0.00000242. The number of nitrogens with zero attached hydrogens (tertiary/aromatic N) is 2. The fraction of sp³-hybridized carbons (Fsp3) is 0.429. The largest absolute Gasteiger partial charge is 0.479 e. The normalized spacial score (nSPS) is 13.3. The van der Waals surface area contributed by atoms with Gasteiger partial charge in [-0.15, -0.1) is 12.4 Å². The van der Waals surface area contributed by atoms with E-state index in [1.165, 1.54) is 0 Å². The average Bonchev–Trinajstić information content (AvgIpc) is 2.90. The fourth-order valence-electron chi connectivity index (χ4n) is 1.70. The van der Waals surface area contributed by atoms with E-state index in [1.807, 2.05) is 20.9 Å². The lowest BCUT2D eigenvalue weighted by molar-refractivity contribution is 0.176. The molecule has 0 aliphatic carbocycles. The molecule has 2 unspecified atom stereocenters. The lowest BCUT2D eigenvalue weighted by Gasteiger charge is -2.12. The number of halogens is 3. The van der Waals surface area contributed by atoms with Gasteiger partial charge in [-0.3, -0.25) is 0 Å². The molecule has 22 heavy (non-hydrogen) atoms. The van der Waals surface area contributed by atoms with Crippen LogP contribution < -0.4 is 10.1 Å². The summed E-state index contributed by atoms with van der Waals surface area (Å²) in [7, 11) is 1.89. The van der Waals surface area contributed by atoms with Crippen molar-refractivity contribution in [3.05, 3.63) is 40.0 Å². The second kappa shape index (κ2) is 8.58. The van der Waals surface area contributed by atoms with Gasteiger partial charge in [0.1, 0.15) is 5.75 Å². The molecule has 1 N–H and O–H groups in total. The minimum Gasteiger partial charge on any atom is -0.479 e. The Bertz CT molecular complexity index is 607. The third-order valence-electron chi connectivity index (χ3n) is 3.01. The molecule has 2 atom stereocenters. The monoisotopic (exact) mass is 365 g/mol. The van der Waals surface area contributed by atoms with Crippen molar-refractivity contribution in [2.45, 2.75) is 32.4 Å². The molecule has 1 aromatic carbocycles. The Morgan fingerprint density at radius 1 is 1.32 bits per heavy atom. The Morgan fingerprint density at radius 2 is 2.05 bits per heavy atom. The van der Waals surface area contributed by atoms with Gasteiger partial charge in [0.25, 0.3) is 5.89 Å². The zero-order valence-electron chi connectivity index (χ0n) is 12.5. The van der Waals surface area contributed by atoms with Gasteiger partial charge in [0.15, 0.2) is 11.9 Å². The molecule has 0 bridgehead atoms. The predicted octanol–water partition coefficient (Wildman–Crippen LogP) is 4.09. The number of benzene rings is 1. The smallest absolute Gasteiger partial charge is 0.267 e. The molecule has 0 saturated carbocycles. The van der Waals surface area contributed by atoms with E-state index >= 15 is 0 Å².